The molecule has 2 unspecified atom stereocenters. The molecule has 8 heteroatoms. The Bertz CT molecular complexity index is 1040. The summed E-state index contributed by atoms with van der Waals surface area (Å²) < 4.78 is 11.1. The maximum atomic E-state index is 12.7. The average Bonchev–Trinajstić information content (AvgIpc) is 3.43. The van der Waals surface area contributed by atoms with Crippen molar-refractivity contribution in [1.82, 2.24) is 10.6 Å². The highest BCUT2D eigenvalue weighted by atomic mass is 16.5. The van der Waals surface area contributed by atoms with Crippen LogP contribution in [0.4, 0.5) is 4.79 Å². The number of nitrogens with one attached hydrogen (secondary N) is 2. The number of hydrogen-bond acceptors (Lipinski definition) is 5. The summed E-state index contributed by atoms with van der Waals surface area (Å²) >= 11 is 0. The number of carbonyl (C=O) groups excluding carboxylic acids is 2. The van der Waals surface area contributed by atoms with E-state index >= 15 is 0 Å². The van der Waals surface area contributed by atoms with Crippen LogP contribution in [0.25, 0.3) is 11.1 Å². The van der Waals surface area contributed by atoms with E-state index in [-0.39, 0.29) is 30.9 Å². The number of rotatable bonds is 9. The maximum absolute atomic E-state index is 12.7. The topological polar surface area (TPSA) is 114 Å². The Morgan fingerprint density at radius 3 is 2.29 bits per heavy atom. The Morgan fingerprint density at radius 1 is 1.06 bits per heavy atom. The van der Waals surface area contributed by atoms with Crippen molar-refractivity contribution in [2.75, 3.05) is 19.8 Å². The lowest BCUT2D eigenvalue weighted by Crippen LogP contribution is -2.49. The Labute approximate surface area is 205 Å². The number of carboxylic acids is 1. The minimum Gasteiger partial charge on any atom is -0.480 e. The summed E-state index contributed by atoms with van der Waals surface area (Å²) in [6, 6.07) is 15.3. The molecule has 3 atom stereocenters. The molecule has 2 aliphatic rings. The van der Waals surface area contributed by atoms with Gasteiger partial charge in [-0.2, -0.15) is 0 Å². The van der Waals surface area contributed by atoms with Crippen molar-refractivity contribution in [3.8, 4) is 11.1 Å². The van der Waals surface area contributed by atoms with Gasteiger partial charge >= 0.3 is 12.1 Å². The third kappa shape index (κ3) is 5.65. The van der Waals surface area contributed by atoms with E-state index in [1.165, 1.54) is 0 Å². The molecule has 8 nitrogen and oxygen atoms in total. The van der Waals surface area contributed by atoms with E-state index in [0.717, 1.165) is 22.3 Å². The Kier molecular flexibility index (Phi) is 7.70. The number of amides is 2. The number of aliphatic carboxylic acids is 1. The fourth-order valence-corrected chi connectivity index (χ4v) is 4.94. The molecule has 4 rings (SSSR count). The van der Waals surface area contributed by atoms with E-state index in [2.05, 4.69) is 34.9 Å². The van der Waals surface area contributed by atoms with Gasteiger partial charge in [-0.25, -0.2) is 9.59 Å². The zero-order chi connectivity index (χ0) is 24.9. The quantitative estimate of drug-likeness (QED) is 0.506. The van der Waals surface area contributed by atoms with Gasteiger partial charge < -0.3 is 25.2 Å². The highest BCUT2D eigenvalue weighted by Crippen LogP contribution is 2.44. The van der Waals surface area contributed by atoms with Gasteiger partial charge in [0.15, 0.2) is 0 Å². The van der Waals surface area contributed by atoms with Crippen molar-refractivity contribution >= 4 is 18.0 Å². The minimum atomic E-state index is -1.07. The molecule has 1 fully saturated rings. The SMILES string of the molecule is CC(C)C[C@H](NC(=O)C1OCCC1CNC(=O)OCC1c2ccccc2-c2ccccc21)C(=O)O. The number of alkyl carbamates (subject to hydrolysis) is 1. The molecular weight excluding hydrogens is 448 g/mol. The molecule has 0 radical (unpaired) electrons. The summed E-state index contributed by atoms with van der Waals surface area (Å²) in [6.45, 7) is 4.58. The van der Waals surface area contributed by atoms with E-state index in [1.54, 1.807) is 0 Å². The summed E-state index contributed by atoms with van der Waals surface area (Å²) in [7, 11) is 0. The van der Waals surface area contributed by atoms with Gasteiger partial charge in [-0.15, -0.1) is 0 Å². The second kappa shape index (κ2) is 10.9. The van der Waals surface area contributed by atoms with Crippen molar-refractivity contribution in [3.63, 3.8) is 0 Å². The van der Waals surface area contributed by atoms with Crippen LogP contribution < -0.4 is 10.6 Å². The number of benzene rings is 2. The molecule has 0 saturated carbocycles. The van der Waals surface area contributed by atoms with E-state index in [1.807, 2.05) is 38.1 Å². The zero-order valence-electron chi connectivity index (χ0n) is 20.0. The predicted octanol–water partition coefficient (Wildman–Crippen LogP) is 3.55. The van der Waals surface area contributed by atoms with Gasteiger partial charge in [-0.05, 0) is 41.0 Å². The lowest BCUT2D eigenvalue weighted by molar-refractivity contribution is -0.144. The van der Waals surface area contributed by atoms with Crippen LogP contribution in [0.1, 0.15) is 43.7 Å². The molecule has 1 saturated heterocycles. The van der Waals surface area contributed by atoms with Crippen molar-refractivity contribution in [2.45, 2.75) is 44.8 Å². The largest absolute Gasteiger partial charge is 0.480 e. The molecule has 0 spiro atoms. The summed E-state index contributed by atoms with van der Waals surface area (Å²) in [5, 5.41) is 14.7. The van der Waals surface area contributed by atoms with E-state index in [9.17, 15) is 19.5 Å². The molecule has 3 N–H and O–H groups in total. The van der Waals surface area contributed by atoms with Crippen molar-refractivity contribution in [3.05, 3.63) is 59.7 Å². The minimum absolute atomic E-state index is 0.0320. The summed E-state index contributed by atoms with van der Waals surface area (Å²) in [4.78, 5) is 36.7. The third-order valence-electron chi connectivity index (χ3n) is 6.65. The molecule has 35 heavy (non-hydrogen) atoms. The summed E-state index contributed by atoms with van der Waals surface area (Å²) in [5.74, 6) is -1.71. The Balaban J connectivity index is 1.30. The summed E-state index contributed by atoms with van der Waals surface area (Å²) in [6.07, 6.45) is -0.445. The lowest BCUT2D eigenvalue weighted by Gasteiger charge is -2.22. The molecule has 0 bridgehead atoms. The lowest BCUT2D eigenvalue weighted by atomic mass is 9.98. The molecule has 0 aromatic heterocycles. The van der Waals surface area contributed by atoms with Crippen LogP contribution in [0.3, 0.4) is 0 Å². The molecule has 2 amide bonds. The number of ether oxygens (including phenoxy) is 2. The molecule has 186 valence electrons. The van der Waals surface area contributed by atoms with Crippen LogP contribution in [0.5, 0.6) is 0 Å². The highest BCUT2D eigenvalue weighted by Gasteiger charge is 2.36. The summed E-state index contributed by atoms with van der Waals surface area (Å²) in [5.41, 5.74) is 4.59. The first kappa shape index (κ1) is 24.7. The van der Waals surface area contributed by atoms with Gasteiger partial charge in [0.2, 0.25) is 5.91 Å². The van der Waals surface area contributed by atoms with Crippen LogP contribution in [-0.4, -0.2) is 55.0 Å². The van der Waals surface area contributed by atoms with E-state index < -0.39 is 30.1 Å². The first-order valence-corrected chi connectivity index (χ1v) is 12.1. The van der Waals surface area contributed by atoms with Gasteiger partial charge in [0.05, 0.1) is 0 Å². The maximum Gasteiger partial charge on any atom is 0.407 e. The average molecular weight is 481 g/mol. The van der Waals surface area contributed by atoms with Crippen LogP contribution in [0.15, 0.2) is 48.5 Å². The van der Waals surface area contributed by atoms with Crippen LogP contribution in [-0.2, 0) is 19.1 Å². The molecule has 2 aromatic carbocycles. The van der Waals surface area contributed by atoms with E-state index in [0.29, 0.717) is 19.4 Å². The van der Waals surface area contributed by atoms with Crippen LogP contribution in [0.2, 0.25) is 0 Å². The second-order valence-corrected chi connectivity index (χ2v) is 9.58. The predicted molar refractivity (Wildman–Crippen MR) is 130 cm³/mol. The Morgan fingerprint density at radius 2 is 1.69 bits per heavy atom. The Hall–Kier alpha value is -3.39. The van der Waals surface area contributed by atoms with Crippen LogP contribution >= 0.6 is 0 Å². The van der Waals surface area contributed by atoms with Crippen molar-refractivity contribution < 1.29 is 29.0 Å². The molecule has 1 aliphatic heterocycles. The number of fused-ring (bicyclic) bond motifs is 3. The van der Waals surface area contributed by atoms with Crippen molar-refractivity contribution in [2.24, 2.45) is 11.8 Å². The van der Waals surface area contributed by atoms with Gasteiger partial charge in [-0.1, -0.05) is 62.4 Å². The van der Waals surface area contributed by atoms with Gasteiger partial charge in [0.25, 0.3) is 0 Å². The zero-order valence-corrected chi connectivity index (χ0v) is 20.0. The smallest absolute Gasteiger partial charge is 0.407 e. The van der Waals surface area contributed by atoms with Crippen LogP contribution in [0, 0.1) is 11.8 Å². The standard InChI is InChI=1S/C27H32N2O6/c1-16(2)13-23(26(31)32)29-25(30)24-17(11-12-34-24)14-28-27(33)35-15-22-20-9-5-3-7-18(20)19-8-4-6-10-21(19)22/h3-10,16-17,22-24H,11-15H2,1-2H3,(H,28,33)(H,29,30)(H,31,32)/t17?,23-,24?/m0/s1. The molecule has 1 aliphatic carbocycles. The number of hydrogen-bond donors (Lipinski definition) is 3. The first-order valence-electron chi connectivity index (χ1n) is 12.1. The van der Waals surface area contributed by atoms with Gasteiger partial charge in [0.1, 0.15) is 18.8 Å². The number of carboxylic acid groups (broad SMARTS) is 1. The fourth-order valence-electron chi connectivity index (χ4n) is 4.94. The molecule has 1 heterocycles. The first-order chi connectivity index (χ1) is 16.8. The second-order valence-electron chi connectivity index (χ2n) is 9.58. The van der Waals surface area contributed by atoms with Gasteiger partial charge in [-0.3, -0.25) is 4.79 Å². The monoisotopic (exact) mass is 480 g/mol. The number of carbonyl (C=O) groups is 3. The molecule has 2 aromatic rings. The highest BCUT2D eigenvalue weighted by molar-refractivity contribution is 5.86. The van der Waals surface area contributed by atoms with E-state index in [4.69, 9.17) is 9.47 Å². The molecular formula is C27H32N2O6. The fraction of sp³-hybridized carbons (Fsp3) is 0.444. The third-order valence-corrected chi connectivity index (χ3v) is 6.65. The van der Waals surface area contributed by atoms with Crippen molar-refractivity contribution in [1.29, 1.82) is 0 Å². The normalized spacial score (nSPS) is 19.6. The van der Waals surface area contributed by atoms with Gasteiger partial charge in [0, 0.05) is 25.0 Å².